The molecular weight excluding hydrogens is 268 g/mol. The molecule has 1 heterocycles. The second kappa shape index (κ2) is 5.76. The summed E-state index contributed by atoms with van der Waals surface area (Å²) in [7, 11) is 0. The van der Waals surface area contributed by atoms with Crippen LogP contribution in [-0.2, 0) is 4.79 Å². The number of fused-ring (bicyclic) bond motifs is 1. The Morgan fingerprint density at radius 1 is 1.33 bits per heavy atom. The molecule has 112 valence electrons. The van der Waals surface area contributed by atoms with Gasteiger partial charge >= 0.3 is 0 Å². The molecule has 1 aromatic rings. The Bertz CT molecular complexity index is 571. The number of anilines is 1. The Morgan fingerprint density at radius 2 is 2.14 bits per heavy atom. The van der Waals surface area contributed by atoms with Gasteiger partial charge in [-0.05, 0) is 37.0 Å². The van der Waals surface area contributed by atoms with E-state index in [4.69, 9.17) is 4.74 Å². The molecule has 0 unspecified atom stereocenters. The van der Waals surface area contributed by atoms with E-state index in [1.54, 1.807) is 18.2 Å². The van der Waals surface area contributed by atoms with E-state index in [9.17, 15) is 9.59 Å². The number of carbonyl (C=O) groups is 2. The van der Waals surface area contributed by atoms with Crippen LogP contribution >= 0.6 is 0 Å². The van der Waals surface area contributed by atoms with Gasteiger partial charge in [-0.25, -0.2) is 0 Å². The molecule has 1 aliphatic carbocycles. The van der Waals surface area contributed by atoms with Crippen LogP contribution in [0.25, 0.3) is 0 Å². The highest BCUT2D eigenvalue weighted by molar-refractivity contribution is 5.99. The molecule has 5 heteroatoms. The quantitative estimate of drug-likeness (QED) is 0.877. The molecule has 2 atom stereocenters. The summed E-state index contributed by atoms with van der Waals surface area (Å²) in [6, 6.07) is 5.38. The fourth-order valence-corrected chi connectivity index (χ4v) is 3.00. The van der Waals surface area contributed by atoms with E-state index in [0.717, 1.165) is 6.42 Å². The maximum absolute atomic E-state index is 12.4. The van der Waals surface area contributed by atoms with E-state index < -0.39 is 0 Å². The number of hydrogen-bond acceptors (Lipinski definition) is 3. The Labute approximate surface area is 124 Å². The molecule has 0 aromatic heterocycles. The molecule has 0 bridgehead atoms. The Hall–Kier alpha value is -2.04. The number of carbonyl (C=O) groups excluding carboxylic acids is 2. The molecule has 0 spiro atoms. The van der Waals surface area contributed by atoms with Gasteiger partial charge in [0.2, 0.25) is 0 Å². The van der Waals surface area contributed by atoms with Gasteiger partial charge in [-0.3, -0.25) is 9.59 Å². The second-order valence-corrected chi connectivity index (χ2v) is 5.89. The summed E-state index contributed by atoms with van der Waals surface area (Å²) in [6.07, 6.45) is 4.64. The summed E-state index contributed by atoms with van der Waals surface area (Å²) in [5, 5.41) is 5.84. The number of hydrogen-bond donors (Lipinski definition) is 2. The zero-order valence-corrected chi connectivity index (χ0v) is 12.1. The van der Waals surface area contributed by atoms with E-state index >= 15 is 0 Å². The molecule has 1 saturated carbocycles. The van der Waals surface area contributed by atoms with Crippen LogP contribution in [0, 0.1) is 5.92 Å². The molecule has 1 aromatic carbocycles. The summed E-state index contributed by atoms with van der Waals surface area (Å²) < 4.78 is 5.35. The standard InChI is InChI=1S/C16H20N2O3/c1-10-4-2-3-5-12(10)18-16(20)11-6-7-13-14(8-11)21-9-15(19)17-13/h6-8,10,12H,2-5,9H2,1H3,(H,17,19)(H,18,20)/t10-,12-/m0/s1. The maximum atomic E-state index is 12.4. The van der Waals surface area contributed by atoms with Crippen molar-refractivity contribution in [3.05, 3.63) is 23.8 Å². The monoisotopic (exact) mass is 288 g/mol. The average Bonchev–Trinajstić information content (AvgIpc) is 2.49. The number of nitrogens with one attached hydrogen (secondary N) is 2. The van der Waals surface area contributed by atoms with Gasteiger partial charge in [-0.1, -0.05) is 19.8 Å². The van der Waals surface area contributed by atoms with Crippen molar-refractivity contribution in [1.29, 1.82) is 0 Å². The number of rotatable bonds is 2. The molecular formula is C16H20N2O3. The fourth-order valence-electron chi connectivity index (χ4n) is 3.00. The highest BCUT2D eigenvalue weighted by Crippen LogP contribution is 2.29. The lowest BCUT2D eigenvalue weighted by Crippen LogP contribution is -2.41. The Kier molecular flexibility index (Phi) is 3.82. The van der Waals surface area contributed by atoms with Gasteiger partial charge in [0.1, 0.15) is 5.75 Å². The van der Waals surface area contributed by atoms with E-state index in [-0.39, 0.29) is 24.5 Å². The lowest BCUT2D eigenvalue weighted by atomic mass is 9.86. The van der Waals surface area contributed by atoms with Crippen LogP contribution in [0.15, 0.2) is 18.2 Å². The van der Waals surface area contributed by atoms with E-state index in [1.165, 1.54) is 19.3 Å². The normalized spacial score (nSPS) is 24.5. The van der Waals surface area contributed by atoms with Gasteiger partial charge in [-0.2, -0.15) is 0 Å². The minimum absolute atomic E-state index is 0.00225. The van der Waals surface area contributed by atoms with Crippen LogP contribution in [0.5, 0.6) is 5.75 Å². The third-order valence-corrected chi connectivity index (χ3v) is 4.30. The molecule has 5 nitrogen and oxygen atoms in total. The van der Waals surface area contributed by atoms with Crippen LogP contribution in [0.2, 0.25) is 0 Å². The largest absolute Gasteiger partial charge is 0.482 e. The molecule has 2 amide bonds. The SMILES string of the molecule is C[C@H]1CCCC[C@@H]1NC(=O)c1ccc2c(c1)OCC(=O)N2. The molecule has 0 saturated heterocycles. The van der Waals surface area contributed by atoms with Crippen molar-refractivity contribution in [2.24, 2.45) is 5.92 Å². The Morgan fingerprint density at radius 3 is 2.95 bits per heavy atom. The topological polar surface area (TPSA) is 67.4 Å². The van der Waals surface area contributed by atoms with Gasteiger partial charge in [0.25, 0.3) is 11.8 Å². The van der Waals surface area contributed by atoms with Crippen molar-refractivity contribution >= 4 is 17.5 Å². The Balaban J connectivity index is 1.71. The summed E-state index contributed by atoms with van der Waals surface area (Å²) in [6.45, 7) is 2.19. The van der Waals surface area contributed by atoms with Crippen molar-refractivity contribution in [3.63, 3.8) is 0 Å². The van der Waals surface area contributed by atoms with Gasteiger partial charge < -0.3 is 15.4 Å². The van der Waals surface area contributed by atoms with Crippen molar-refractivity contribution in [1.82, 2.24) is 5.32 Å². The van der Waals surface area contributed by atoms with Crippen LogP contribution in [0.4, 0.5) is 5.69 Å². The van der Waals surface area contributed by atoms with Gasteiger partial charge in [0.05, 0.1) is 5.69 Å². The minimum Gasteiger partial charge on any atom is -0.482 e. The first-order valence-corrected chi connectivity index (χ1v) is 7.51. The molecule has 1 aliphatic heterocycles. The number of ether oxygens (including phenoxy) is 1. The predicted octanol–water partition coefficient (Wildman–Crippen LogP) is 2.33. The minimum atomic E-state index is -0.171. The number of amides is 2. The van der Waals surface area contributed by atoms with Crippen LogP contribution < -0.4 is 15.4 Å². The summed E-state index contributed by atoms with van der Waals surface area (Å²) in [4.78, 5) is 23.6. The zero-order valence-electron chi connectivity index (χ0n) is 12.1. The van der Waals surface area contributed by atoms with E-state index in [0.29, 0.717) is 22.9 Å². The van der Waals surface area contributed by atoms with Crippen molar-refractivity contribution in [3.8, 4) is 5.75 Å². The lowest BCUT2D eigenvalue weighted by molar-refractivity contribution is -0.118. The smallest absolute Gasteiger partial charge is 0.262 e. The second-order valence-electron chi connectivity index (χ2n) is 5.89. The first-order valence-electron chi connectivity index (χ1n) is 7.51. The third kappa shape index (κ3) is 3.01. The highest BCUT2D eigenvalue weighted by atomic mass is 16.5. The maximum Gasteiger partial charge on any atom is 0.262 e. The molecule has 0 radical (unpaired) electrons. The summed E-state index contributed by atoms with van der Waals surface area (Å²) >= 11 is 0. The van der Waals surface area contributed by atoms with Gasteiger partial charge in [0.15, 0.2) is 6.61 Å². The van der Waals surface area contributed by atoms with Crippen molar-refractivity contribution in [2.45, 2.75) is 38.6 Å². The lowest BCUT2D eigenvalue weighted by Gasteiger charge is -2.29. The summed E-state index contributed by atoms with van der Waals surface area (Å²) in [5.74, 6) is 0.836. The zero-order chi connectivity index (χ0) is 14.8. The molecule has 3 rings (SSSR count). The third-order valence-electron chi connectivity index (χ3n) is 4.30. The van der Waals surface area contributed by atoms with E-state index in [2.05, 4.69) is 17.6 Å². The van der Waals surface area contributed by atoms with Gasteiger partial charge in [-0.15, -0.1) is 0 Å². The molecule has 1 fully saturated rings. The molecule has 2 aliphatic rings. The first kappa shape index (κ1) is 13.9. The highest BCUT2D eigenvalue weighted by Gasteiger charge is 2.24. The average molecular weight is 288 g/mol. The predicted molar refractivity (Wildman–Crippen MR) is 79.5 cm³/mol. The van der Waals surface area contributed by atoms with E-state index in [1.807, 2.05) is 0 Å². The first-order chi connectivity index (χ1) is 10.1. The summed E-state index contributed by atoms with van der Waals surface area (Å²) in [5.41, 5.74) is 1.19. The van der Waals surface area contributed by atoms with Crippen LogP contribution in [0.1, 0.15) is 43.0 Å². The fraction of sp³-hybridized carbons (Fsp3) is 0.500. The van der Waals surface area contributed by atoms with Crippen molar-refractivity contribution < 1.29 is 14.3 Å². The molecule has 21 heavy (non-hydrogen) atoms. The van der Waals surface area contributed by atoms with Crippen LogP contribution in [-0.4, -0.2) is 24.5 Å². The van der Waals surface area contributed by atoms with Crippen LogP contribution in [0.3, 0.4) is 0 Å². The van der Waals surface area contributed by atoms with Gasteiger partial charge in [0, 0.05) is 11.6 Å². The van der Waals surface area contributed by atoms with Crippen molar-refractivity contribution in [2.75, 3.05) is 11.9 Å². The number of benzene rings is 1. The molecule has 2 N–H and O–H groups in total.